The number of carboxylic acid groups (broad SMARTS) is 1. The number of halogens is 3. The SMILES string of the molecule is CN1CC(n2cc(-c3ccn4c(-c5cccc(NC(=O)NCC(F)(F)F)c5)cnc4c3)cn2)C1.O=CO. The van der Waals surface area contributed by atoms with Crippen molar-refractivity contribution in [2.45, 2.75) is 12.2 Å². The molecule has 10 nitrogen and oxygen atoms in total. The van der Waals surface area contributed by atoms with Gasteiger partial charge in [0.15, 0.2) is 0 Å². The fourth-order valence-corrected chi connectivity index (χ4v) is 4.01. The normalized spacial score (nSPS) is 13.9. The second kappa shape index (κ2) is 10.7. The van der Waals surface area contributed by atoms with Gasteiger partial charge in [-0.1, -0.05) is 12.1 Å². The van der Waals surface area contributed by atoms with Crippen LogP contribution in [0.3, 0.4) is 0 Å². The number of likely N-dealkylation sites (N-methyl/N-ethyl adjacent to an activating group) is 1. The summed E-state index contributed by atoms with van der Waals surface area (Å²) in [7, 11) is 2.08. The maximum Gasteiger partial charge on any atom is 0.405 e. The lowest BCUT2D eigenvalue weighted by molar-refractivity contribution is -0.123. The summed E-state index contributed by atoms with van der Waals surface area (Å²) >= 11 is 0. The van der Waals surface area contributed by atoms with Gasteiger partial charge in [-0.05, 0) is 36.9 Å². The summed E-state index contributed by atoms with van der Waals surface area (Å²) in [6.07, 6.45) is 3.06. The van der Waals surface area contributed by atoms with Crippen LogP contribution in [0.4, 0.5) is 23.7 Å². The van der Waals surface area contributed by atoms with Crippen LogP contribution in [-0.4, -0.2) is 74.5 Å². The van der Waals surface area contributed by atoms with E-state index in [4.69, 9.17) is 9.90 Å². The van der Waals surface area contributed by atoms with Gasteiger partial charge in [-0.2, -0.15) is 18.3 Å². The lowest BCUT2D eigenvalue weighted by atomic mass is 10.1. The van der Waals surface area contributed by atoms with E-state index in [0.717, 1.165) is 41.1 Å². The Balaban J connectivity index is 0.00000102. The van der Waals surface area contributed by atoms with E-state index < -0.39 is 18.8 Å². The number of urea groups is 1. The second-order valence-electron chi connectivity index (χ2n) is 8.48. The zero-order valence-electron chi connectivity index (χ0n) is 19.7. The molecule has 37 heavy (non-hydrogen) atoms. The van der Waals surface area contributed by atoms with Crippen molar-refractivity contribution in [3.8, 4) is 22.4 Å². The molecule has 0 atom stereocenters. The molecule has 4 heterocycles. The van der Waals surface area contributed by atoms with Gasteiger partial charge in [0.05, 0.1) is 24.1 Å². The van der Waals surface area contributed by atoms with Crippen LogP contribution in [0.15, 0.2) is 61.2 Å². The third-order valence-corrected chi connectivity index (χ3v) is 5.73. The maximum atomic E-state index is 12.3. The van der Waals surface area contributed by atoms with Crippen molar-refractivity contribution >= 4 is 23.8 Å². The van der Waals surface area contributed by atoms with Gasteiger partial charge < -0.3 is 20.6 Å². The molecule has 5 rings (SSSR count). The average molecular weight is 515 g/mol. The van der Waals surface area contributed by atoms with E-state index in [0.29, 0.717) is 11.7 Å². The zero-order valence-corrected chi connectivity index (χ0v) is 19.7. The lowest BCUT2D eigenvalue weighted by Crippen LogP contribution is -2.45. The number of imidazole rings is 1. The van der Waals surface area contributed by atoms with Crippen molar-refractivity contribution < 1.29 is 27.9 Å². The number of amides is 2. The summed E-state index contributed by atoms with van der Waals surface area (Å²) in [5, 5.41) is 15.6. The van der Waals surface area contributed by atoms with Crippen LogP contribution in [0.2, 0.25) is 0 Å². The number of hydrogen-bond donors (Lipinski definition) is 3. The zero-order chi connectivity index (χ0) is 26.6. The summed E-state index contributed by atoms with van der Waals surface area (Å²) in [6.45, 7) is 0.327. The van der Waals surface area contributed by atoms with E-state index in [-0.39, 0.29) is 6.47 Å². The number of rotatable bonds is 5. The third-order valence-electron chi connectivity index (χ3n) is 5.73. The van der Waals surface area contributed by atoms with Crippen LogP contribution >= 0.6 is 0 Å². The molecule has 13 heteroatoms. The van der Waals surface area contributed by atoms with Gasteiger partial charge in [0.1, 0.15) is 12.2 Å². The van der Waals surface area contributed by atoms with Gasteiger partial charge in [-0.15, -0.1) is 0 Å². The number of aromatic nitrogens is 4. The Kier molecular flexibility index (Phi) is 7.43. The molecule has 0 unspecified atom stereocenters. The van der Waals surface area contributed by atoms with Crippen molar-refractivity contribution in [1.82, 2.24) is 29.4 Å². The van der Waals surface area contributed by atoms with E-state index in [2.05, 4.69) is 27.3 Å². The van der Waals surface area contributed by atoms with E-state index in [1.54, 1.807) is 29.7 Å². The minimum absolute atomic E-state index is 0.250. The van der Waals surface area contributed by atoms with Crippen LogP contribution < -0.4 is 10.6 Å². The largest absolute Gasteiger partial charge is 0.483 e. The number of hydrogen-bond acceptors (Lipinski definition) is 5. The van der Waals surface area contributed by atoms with E-state index in [1.807, 2.05) is 45.9 Å². The molecule has 1 aromatic carbocycles. The number of likely N-dealkylation sites (tertiary alicyclic amines) is 1. The van der Waals surface area contributed by atoms with E-state index in [9.17, 15) is 18.0 Å². The van der Waals surface area contributed by atoms with Gasteiger partial charge >= 0.3 is 12.2 Å². The number of benzene rings is 1. The predicted molar refractivity (Wildman–Crippen MR) is 130 cm³/mol. The molecule has 2 amide bonds. The van der Waals surface area contributed by atoms with Gasteiger partial charge in [0.25, 0.3) is 6.47 Å². The predicted octanol–water partition coefficient (Wildman–Crippen LogP) is 3.74. The third kappa shape index (κ3) is 6.25. The van der Waals surface area contributed by atoms with Crippen molar-refractivity contribution in [2.24, 2.45) is 0 Å². The first-order chi connectivity index (χ1) is 17.7. The van der Waals surface area contributed by atoms with Gasteiger partial charge in [0, 0.05) is 42.3 Å². The molecule has 0 bridgehead atoms. The topological polar surface area (TPSA) is 117 Å². The lowest BCUT2D eigenvalue weighted by Gasteiger charge is -2.36. The molecule has 3 aromatic heterocycles. The van der Waals surface area contributed by atoms with Gasteiger partial charge in [-0.3, -0.25) is 13.9 Å². The fraction of sp³-hybridized carbons (Fsp3) is 0.250. The van der Waals surface area contributed by atoms with Crippen LogP contribution in [0, 0.1) is 0 Å². The average Bonchev–Trinajstić information content (AvgIpc) is 3.48. The first-order valence-corrected chi connectivity index (χ1v) is 11.2. The van der Waals surface area contributed by atoms with Crippen molar-refractivity contribution in [1.29, 1.82) is 0 Å². The van der Waals surface area contributed by atoms with Crippen LogP contribution in [-0.2, 0) is 4.79 Å². The Morgan fingerprint density at radius 2 is 1.92 bits per heavy atom. The molecule has 0 aliphatic carbocycles. The minimum Gasteiger partial charge on any atom is -0.483 e. The molecule has 0 saturated carbocycles. The van der Waals surface area contributed by atoms with Crippen molar-refractivity contribution in [2.75, 3.05) is 32.0 Å². The highest BCUT2D eigenvalue weighted by molar-refractivity contribution is 5.90. The Hall–Kier alpha value is -4.39. The first kappa shape index (κ1) is 25.7. The Labute approximate surface area is 209 Å². The number of alkyl halides is 3. The number of nitrogens with zero attached hydrogens (tertiary/aromatic N) is 5. The smallest absolute Gasteiger partial charge is 0.405 e. The standard InChI is InChI=1S/C23H22F3N7O.CH2O2/c1-31-12-19(13-31)33-11-17(9-29-33)15-5-6-32-20(10-27-21(32)8-15)16-3-2-4-18(7-16)30-22(34)28-14-23(24,25)26;2-1-3/h2-11,19H,12-14H2,1H3,(H2,28,30,34);1H,(H,2,3). The molecular weight excluding hydrogens is 491 g/mol. The summed E-state index contributed by atoms with van der Waals surface area (Å²) < 4.78 is 40.8. The molecule has 1 saturated heterocycles. The molecule has 1 aliphatic heterocycles. The molecular formula is C24H24F3N7O3. The quantitative estimate of drug-likeness (QED) is 0.349. The van der Waals surface area contributed by atoms with Gasteiger partial charge in [0.2, 0.25) is 0 Å². The Morgan fingerprint density at radius 3 is 2.62 bits per heavy atom. The van der Waals surface area contributed by atoms with Gasteiger partial charge in [-0.25, -0.2) is 9.78 Å². The molecule has 1 aliphatic rings. The molecule has 0 spiro atoms. The summed E-state index contributed by atoms with van der Waals surface area (Å²) in [4.78, 5) is 26.9. The van der Waals surface area contributed by atoms with Crippen molar-refractivity contribution in [3.63, 3.8) is 0 Å². The second-order valence-corrected chi connectivity index (χ2v) is 8.48. The number of anilines is 1. The maximum absolute atomic E-state index is 12.3. The van der Waals surface area contributed by atoms with Crippen LogP contribution in [0.5, 0.6) is 0 Å². The highest BCUT2D eigenvalue weighted by Gasteiger charge is 2.28. The van der Waals surface area contributed by atoms with Crippen molar-refractivity contribution in [3.05, 3.63) is 61.2 Å². The fourth-order valence-electron chi connectivity index (χ4n) is 4.01. The monoisotopic (exact) mass is 515 g/mol. The number of nitrogens with one attached hydrogen (secondary N) is 2. The molecule has 1 fully saturated rings. The van der Waals surface area contributed by atoms with Crippen LogP contribution in [0.1, 0.15) is 6.04 Å². The van der Waals surface area contributed by atoms with Crippen LogP contribution in [0.25, 0.3) is 28.0 Å². The molecule has 194 valence electrons. The number of carbonyl (C=O) groups excluding carboxylic acids is 1. The molecule has 3 N–H and O–H groups in total. The summed E-state index contributed by atoms with van der Waals surface area (Å²) in [5.41, 5.74) is 4.67. The minimum atomic E-state index is -4.47. The highest BCUT2D eigenvalue weighted by Crippen LogP contribution is 2.28. The number of carbonyl (C=O) groups is 2. The molecule has 4 aromatic rings. The Morgan fingerprint density at radius 1 is 1.16 bits per heavy atom. The summed E-state index contributed by atoms with van der Waals surface area (Å²) in [5.74, 6) is 0. The highest BCUT2D eigenvalue weighted by atomic mass is 19.4. The summed E-state index contributed by atoms with van der Waals surface area (Å²) in [6, 6.07) is 10.3. The van der Waals surface area contributed by atoms with E-state index >= 15 is 0 Å². The molecule has 0 radical (unpaired) electrons. The first-order valence-electron chi connectivity index (χ1n) is 11.2. The Bertz CT molecular complexity index is 1390. The number of pyridine rings is 1. The number of fused-ring (bicyclic) bond motifs is 1. The van der Waals surface area contributed by atoms with E-state index in [1.165, 1.54) is 0 Å².